The molecule has 1 aliphatic heterocycles. The maximum atomic E-state index is 2.51. The van der Waals surface area contributed by atoms with Crippen LogP contribution in [0.2, 0.25) is 0 Å². The van der Waals surface area contributed by atoms with Crippen molar-refractivity contribution in [3.8, 4) is 55.9 Å². The molecule has 0 bridgehead atoms. The molecule has 0 amide bonds. The fraction of sp³-hybridized carbons (Fsp3) is 0.0270. The second-order valence-electron chi connectivity index (χ2n) is 20.7. The highest BCUT2D eigenvalue weighted by Gasteiger charge is 2.37. The van der Waals surface area contributed by atoms with E-state index in [0.29, 0.717) is 5.92 Å². The summed E-state index contributed by atoms with van der Waals surface area (Å²) in [7, 11) is 0. The SMILES string of the molecule is C1=CC2c3ccccc3N(c3ccc(-c4ccc5c(c4)c4cc(-c6ccc(-n7c8ccccc8c8ccccc87)cc6)ccc4n5-c4ccc(-c5c6ccccc6c(-c6ccccc6)c6ccccc56)cc4)cc3)C2C=C1. The van der Waals surface area contributed by atoms with E-state index in [4.69, 9.17) is 0 Å². The van der Waals surface area contributed by atoms with Crippen LogP contribution in [-0.2, 0) is 0 Å². The summed E-state index contributed by atoms with van der Waals surface area (Å²) in [6.45, 7) is 0. The van der Waals surface area contributed by atoms with Gasteiger partial charge in [-0.2, -0.15) is 0 Å². The van der Waals surface area contributed by atoms with E-state index in [1.54, 1.807) is 0 Å². The van der Waals surface area contributed by atoms with Crippen molar-refractivity contribution in [3.63, 3.8) is 0 Å². The van der Waals surface area contributed by atoms with Gasteiger partial charge in [-0.05, 0) is 150 Å². The van der Waals surface area contributed by atoms with Crippen LogP contribution in [0.3, 0.4) is 0 Å². The lowest BCUT2D eigenvalue weighted by atomic mass is 9.86. The second kappa shape index (κ2) is 17.3. The zero-order valence-corrected chi connectivity index (χ0v) is 42.1. The van der Waals surface area contributed by atoms with Crippen LogP contribution in [0.25, 0.3) is 121 Å². The molecule has 1 aliphatic carbocycles. The number of rotatable bonds is 7. The topological polar surface area (TPSA) is 13.1 Å². The molecule has 0 saturated carbocycles. The Kier molecular flexibility index (Phi) is 9.77. The Labute approximate surface area is 446 Å². The van der Waals surface area contributed by atoms with Crippen LogP contribution in [0.15, 0.2) is 285 Å². The molecule has 0 radical (unpaired) electrons. The van der Waals surface area contributed by atoms with E-state index in [-0.39, 0.29) is 6.04 Å². The van der Waals surface area contributed by atoms with E-state index in [1.807, 2.05) is 0 Å². The van der Waals surface area contributed by atoms with E-state index < -0.39 is 0 Å². The third-order valence-corrected chi connectivity index (χ3v) is 16.7. The smallest absolute Gasteiger partial charge is 0.0629 e. The van der Waals surface area contributed by atoms with Gasteiger partial charge >= 0.3 is 0 Å². The Morgan fingerprint density at radius 3 is 1.18 bits per heavy atom. The lowest BCUT2D eigenvalue weighted by Crippen LogP contribution is -2.28. The van der Waals surface area contributed by atoms with Gasteiger partial charge in [0, 0.05) is 50.2 Å². The summed E-state index contributed by atoms with van der Waals surface area (Å²) < 4.78 is 4.85. The van der Waals surface area contributed by atoms with E-state index in [1.165, 1.54) is 127 Å². The van der Waals surface area contributed by atoms with Crippen LogP contribution in [0.1, 0.15) is 11.5 Å². The molecule has 2 unspecified atom stereocenters. The number of fused-ring (bicyclic) bond motifs is 11. The lowest BCUT2D eigenvalue weighted by molar-refractivity contribution is 0.745. The molecule has 0 spiro atoms. The molecule has 2 aliphatic rings. The second-order valence-corrected chi connectivity index (χ2v) is 20.7. The zero-order chi connectivity index (χ0) is 50.6. The molecule has 3 nitrogen and oxygen atoms in total. The van der Waals surface area contributed by atoms with E-state index in [9.17, 15) is 0 Å². The summed E-state index contributed by atoms with van der Waals surface area (Å²) in [5.74, 6) is 0.348. The van der Waals surface area contributed by atoms with Crippen LogP contribution >= 0.6 is 0 Å². The van der Waals surface area contributed by atoms with E-state index >= 15 is 0 Å². The number of benzene rings is 12. The molecule has 3 heteroatoms. The summed E-state index contributed by atoms with van der Waals surface area (Å²) >= 11 is 0. The van der Waals surface area contributed by atoms with Gasteiger partial charge in [-0.25, -0.2) is 0 Å². The average Bonchev–Trinajstić information content (AvgIpc) is 4.17. The van der Waals surface area contributed by atoms with Crippen LogP contribution in [0, 0.1) is 0 Å². The highest BCUT2D eigenvalue weighted by molar-refractivity contribution is 6.21. The minimum Gasteiger partial charge on any atom is -0.333 e. The maximum Gasteiger partial charge on any atom is 0.0629 e. The summed E-state index contributed by atoms with van der Waals surface area (Å²) in [6.07, 6.45) is 9.07. The first-order valence-corrected chi connectivity index (χ1v) is 26.8. The Bertz CT molecular complexity index is 4620. The number of aromatic nitrogens is 2. The highest BCUT2D eigenvalue weighted by Crippen LogP contribution is 2.49. The molecule has 16 rings (SSSR count). The molecule has 12 aromatic carbocycles. The normalized spacial score (nSPS) is 14.9. The van der Waals surface area contributed by atoms with Gasteiger partial charge in [0.05, 0.1) is 28.1 Å². The van der Waals surface area contributed by atoms with Crippen LogP contribution < -0.4 is 4.90 Å². The third-order valence-electron chi connectivity index (χ3n) is 16.7. The highest BCUT2D eigenvalue weighted by atomic mass is 15.2. The Balaban J connectivity index is 0.824. The molecule has 0 N–H and O–H groups in total. The standard InChI is InChI=1S/C74H49N3/c1-2-16-50(17-3-1)73-61-22-4-6-24-63(61)74(64-25-7-5-23-62(64)73)51-34-42-56(43-35-51)77-71-44-36-52(48-30-38-54(39-31-48)75-67-26-12-8-18-57(67)58-19-9-13-27-68(58)75)46-65(71)66-47-53(37-45-72(66)77)49-32-40-55(41-33-49)76-69-28-14-10-20-59(69)60-21-11-15-29-70(60)76/h1-47,57,67H. The van der Waals surface area contributed by atoms with E-state index in [0.717, 1.165) is 11.4 Å². The number of nitrogens with zero attached hydrogens (tertiary/aromatic N) is 3. The predicted octanol–water partition coefficient (Wildman–Crippen LogP) is 19.6. The number of para-hydroxylation sites is 3. The molecule has 0 saturated heterocycles. The molecule has 360 valence electrons. The first-order valence-electron chi connectivity index (χ1n) is 26.8. The first-order chi connectivity index (χ1) is 38.2. The van der Waals surface area contributed by atoms with Crippen molar-refractivity contribution in [2.24, 2.45) is 0 Å². The number of hydrogen-bond acceptors (Lipinski definition) is 1. The minimum absolute atomic E-state index is 0.262. The van der Waals surface area contributed by atoms with Crippen molar-refractivity contribution in [1.82, 2.24) is 9.13 Å². The Morgan fingerprint density at radius 2 is 0.649 bits per heavy atom. The number of allylic oxidation sites excluding steroid dienone is 2. The quantitative estimate of drug-likeness (QED) is 0.145. The fourth-order valence-corrected chi connectivity index (χ4v) is 13.2. The fourth-order valence-electron chi connectivity index (χ4n) is 13.2. The molecule has 2 aromatic heterocycles. The van der Waals surface area contributed by atoms with Gasteiger partial charge in [0.2, 0.25) is 0 Å². The largest absolute Gasteiger partial charge is 0.333 e. The van der Waals surface area contributed by atoms with E-state index in [2.05, 4.69) is 299 Å². The summed E-state index contributed by atoms with van der Waals surface area (Å²) in [6, 6.07) is 96.9. The van der Waals surface area contributed by atoms with Crippen molar-refractivity contribution in [3.05, 3.63) is 291 Å². The molecule has 3 heterocycles. The molecule has 77 heavy (non-hydrogen) atoms. The molecule has 2 atom stereocenters. The Hall–Kier alpha value is -9.96. The van der Waals surface area contributed by atoms with Crippen molar-refractivity contribution < 1.29 is 0 Å². The predicted molar refractivity (Wildman–Crippen MR) is 325 cm³/mol. The van der Waals surface area contributed by atoms with Gasteiger partial charge < -0.3 is 14.0 Å². The summed E-state index contributed by atoms with van der Waals surface area (Å²) in [4.78, 5) is 2.51. The maximum absolute atomic E-state index is 2.51. The van der Waals surface area contributed by atoms with Gasteiger partial charge in [-0.1, -0.05) is 206 Å². The van der Waals surface area contributed by atoms with Crippen molar-refractivity contribution in [1.29, 1.82) is 0 Å². The van der Waals surface area contributed by atoms with Crippen LogP contribution in [0.5, 0.6) is 0 Å². The van der Waals surface area contributed by atoms with Crippen molar-refractivity contribution in [2.45, 2.75) is 12.0 Å². The summed E-state index contributed by atoms with van der Waals surface area (Å²) in [5, 5.41) is 10.00. The third kappa shape index (κ3) is 6.77. The molecular formula is C74H49N3. The lowest BCUT2D eigenvalue weighted by Gasteiger charge is -2.28. The zero-order valence-electron chi connectivity index (χ0n) is 42.1. The molecule has 14 aromatic rings. The Morgan fingerprint density at radius 1 is 0.260 bits per heavy atom. The van der Waals surface area contributed by atoms with Crippen LogP contribution in [0.4, 0.5) is 11.4 Å². The number of anilines is 2. The number of hydrogen-bond donors (Lipinski definition) is 0. The first kappa shape index (κ1) is 43.4. The minimum atomic E-state index is 0.262. The van der Waals surface area contributed by atoms with Crippen LogP contribution in [-0.4, -0.2) is 15.2 Å². The van der Waals surface area contributed by atoms with Gasteiger partial charge in [0.15, 0.2) is 0 Å². The summed E-state index contributed by atoms with van der Waals surface area (Å²) in [5.41, 5.74) is 20.6. The van der Waals surface area contributed by atoms with Gasteiger partial charge in [0.1, 0.15) is 0 Å². The van der Waals surface area contributed by atoms with Gasteiger partial charge in [-0.3, -0.25) is 0 Å². The van der Waals surface area contributed by atoms with Gasteiger partial charge in [0.25, 0.3) is 0 Å². The monoisotopic (exact) mass is 979 g/mol. The molecule has 0 fully saturated rings. The molecular weight excluding hydrogens is 931 g/mol. The van der Waals surface area contributed by atoms with Crippen molar-refractivity contribution >= 4 is 76.5 Å². The van der Waals surface area contributed by atoms with Gasteiger partial charge in [-0.15, -0.1) is 0 Å². The average molecular weight is 980 g/mol. The van der Waals surface area contributed by atoms with Crippen molar-refractivity contribution in [2.75, 3.05) is 4.90 Å².